The van der Waals surface area contributed by atoms with Gasteiger partial charge < -0.3 is 20.9 Å². The molecule has 0 aliphatic carbocycles. The van der Waals surface area contributed by atoms with E-state index in [0.717, 1.165) is 39.3 Å². The summed E-state index contributed by atoms with van der Waals surface area (Å²) in [6.07, 6.45) is 4.87. The van der Waals surface area contributed by atoms with Gasteiger partial charge in [0.2, 0.25) is 0 Å². The van der Waals surface area contributed by atoms with Gasteiger partial charge in [-0.25, -0.2) is 0 Å². The Bertz CT molecular complexity index is 195. The van der Waals surface area contributed by atoms with Gasteiger partial charge in [-0.15, -0.1) is 13.1 Å². The second-order valence-corrected chi connectivity index (χ2v) is 12.8. The zero-order chi connectivity index (χ0) is 15.8. The van der Waals surface area contributed by atoms with Gasteiger partial charge in [0.05, 0.1) is 0 Å². The van der Waals surface area contributed by atoms with Gasteiger partial charge >= 0.3 is 42.6 Å². The van der Waals surface area contributed by atoms with Gasteiger partial charge in [-0.05, 0) is 59.2 Å². The maximum absolute atomic E-state index is 4.97. The van der Waals surface area contributed by atoms with E-state index in [1.54, 1.807) is 0 Å². The van der Waals surface area contributed by atoms with E-state index in [4.69, 9.17) is 27.9 Å². The molecule has 4 nitrogen and oxygen atoms in total. The van der Waals surface area contributed by atoms with Gasteiger partial charge in [-0.2, -0.15) is 0 Å². The van der Waals surface area contributed by atoms with Crippen LogP contribution in [-0.4, -0.2) is 64.3 Å². The maximum atomic E-state index is 4.97. The van der Waals surface area contributed by atoms with E-state index in [1.165, 1.54) is 38.8 Å². The average molecular weight is 396 g/mol. The summed E-state index contributed by atoms with van der Waals surface area (Å²) in [6, 6.07) is 0. The van der Waals surface area contributed by atoms with Gasteiger partial charge in [0.1, 0.15) is 0 Å². The predicted molar refractivity (Wildman–Crippen MR) is 92.4 cm³/mol. The normalized spacial score (nSPS) is 21.1. The Morgan fingerprint density at radius 2 is 1.29 bits per heavy atom. The SMILES string of the molecule is CN1CCC[N-]CCCNCCCNCCC1.[Cl][Ti+]([Cl])[Cl]. The minimum absolute atomic E-state index is 1.02. The first-order valence-electron chi connectivity index (χ1n) is 7.69. The zero-order valence-corrected chi connectivity index (χ0v) is 16.8. The summed E-state index contributed by atoms with van der Waals surface area (Å²) in [7, 11) is 17.1. The van der Waals surface area contributed by atoms with Crippen LogP contribution in [-0.2, 0) is 14.7 Å². The third kappa shape index (κ3) is 21.4. The molecule has 0 aromatic carbocycles. The van der Waals surface area contributed by atoms with E-state index < -0.39 is 14.7 Å². The van der Waals surface area contributed by atoms with E-state index in [0.29, 0.717) is 0 Å². The molecular formula is C13H29Cl3N4Ti. The summed E-state index contributed by atoms with van der Waals surface area (Å²) >= 11 is -1.92. The van der Waals surface area contributed by atoms with Crippen molar-refractivity contribution in [3.05, 3.63) is 5.32 Å². The van der Waals surface area contributed by atoms with Crippen molar-refractivity contribution in [1.82, 2.24) is 15.5 Å². The Morgan fingerprint density at radius 3 is 1.95 bits per heavy atom. The Balaban J connectivity index is 0.000000885. The van der Waals surface area contributed by atoms with E-state index in [2.05, 4.69) is 27.9 Å². The Morgan fingerprint density at radius 1 is 0.810 bits per heavy atom. The zero-order valence-electron chi connectivity index (χ0n) is 13.0. The van der Waals surface area contributed by atoms with Crippen molar-refractivity contribution in [3.63, 3.8) is 0 Å². The molecule has 0 unspecified atom stereocenters. The Labute approximate surface area is 148 Å². The van der Waals surface area contributed by atoms with Crippen molar-refractivity contribution in [2.45, 2.75) is 25.7 Å². The van der Waals surface area contributed by atoms with Crippen LogP contribution in [0.1, 0.15) is 25.7 Å². The molecule has 0 bridgehead atoms. The molecule has 126 valence electrons. The molecule has 1 rings (SSSR count). The third-order valence-electron chi connectivity index (χ3n) is 3.13. The summed E-state index contributed by atoms with van der Waals surface area (Å²) < 4.78 is 0. The first-order chi connectivity index (χ1) is 10.1. The fourth-order valence-electron chi connectivity index (χ4n) is 2.05. The van der Waals surface area contributed by atoms with Crippen LogP contribution in [0.4, 0.5) is 0 Å². The first kappa shape index (κ1) is 22.4. The van der Waals surface area contributed by atoms with Gasteiger partial charge in [0, 0.05) is 0 Å². The molecule has 0 aromatic heterocycles. The number of hydrogen-bond acceptors (Lipinski definition) is 3. The topological polar surface area (TPSA) is 41.4 Å². The number of nitrogens with one attached hydrogen (secondary N) is 2. The Hall–Kier alpha value is 1.42. The molecule has 0 amide bonds. The summed E-state index contributed by atoms with van der Waals surface area (Å²) in [4.78, 5) is 2.42. The van der Waals surface area contributed by atoms with Crippen LogP contribution in [0.2, 0.25) is 0 Å². The second-order valence-electron chi connectivity index (χ2n) is 5.10. The molecule has 1 saturated heterocycles. The van der Waals surface area contributed by atoms with Gasteiger partial charge in [0.15, 0.2) is 0 Å². The number of halogens is 3. The monoisotopic (exact) mass is 394 g/mol. The van der Waals surface area contributed by atoms with Crippen LogP contribution in [0, 0.1) is 0 Å². The van der Waals surface area contributed by atoms with Crippen LogP contribution in [0.15, 0.2) is 0 Å². The fourth-order valence-corrected chi connectivity index (χ4v) is 2.05. The molecule has 8 heteroatoms. The number of hydrogen-bond donors (Lipinski definition) is 2. The van der Waals surface area contributed by atoms with Crippen molar-refractivity contribution in [1.29, 1.82) is 0 Å². The van der Waals surface area contributed by atoms with Crippen molar-refractivity contribution in [3.8, 4) is 0 Å². The van der Waals surface area contributed by atoms with Crippen molar-refractivity contribution < 1.29 is 14.7 Å². The molecule has 0 radical (unpaired) electrons. The minimum atomic E-state index is -1.92. The third-order valence-corrected chi connectivity index (χ3v) is 3.13. The van der Waals surface area contributed by atoms with Crippen molar-refractivity contribution in [2.24, 2.45) is 0 Å². The summed E-state index contributed by atoms with van der Waals surface area (Å²) in [5, 5.41) is 11.5. The van der Waals surface area contributed by atoms with E-state index in [9.17, 15) is 0 Å². The molecule has 0 aromatic rings. The number of nitrogens with zero attached hydrogens (tertiary/aromatic N) is 2. The van der Waals surface area contributed by atoms with Crippen molar-refractivity contribution >= 4 is 27.9 Å². The van der Waals surface area contributed by atoms with Crippen LogP contribution in [0.25, 0.3) is 5.32 Å². The summed E-state index contributed by atoms with van der Waals surface area (Å²) in [5.41, 5.74) is 0. The average Bonchev–Trinajstić information content (AvgIpc) is 2.41. The van der Waals surface area contributed by atoms with Crippen LogP contribution < -0.4 is 10.6 Å². The molecule has 1 fully saturated rings. The molecule has 2 N–H and O–H groups in total. The molecule has 1 heterocycles. The van der Waals surface area contributed by atoms with Gasteiger partial charge in [-0.1, -0.05) is 12.8 Å². The van der Waals surface area contributed by atoms with Crippen LogP contribution >= 0.6 is 27.9 Å². The predicted octanol–water partition coefficient (Wildman–Crippen LogP) is 3.11. The molecule has 0 spiro atoms. The molecule has 21 heavy (non-hydrogen) atoms. The molecule has 0 saturated carbocycles. The Kier molecular flexibility index (Phi) is 19.0. The number of rotatable bonds is 0. The van der Waals surface area contributed by atoms with Crippen molar-refractivity contribution in [2.75, 3.05) is 59.4 Å². The van der Waals surface area contributed by atoms with Gasteiger partial charge in [-0.3, -0.25) is 0 Å². The molecule has 0 atom stereocenters. The van der Waals surface area contributed by atoms with E-state index in [-0.39, 0.29) is 0 Å². The van der Waals surface area contributed by atoms with Crippen LogP contribution in [0.5, 0.6) is 0 Å². The van der Waals surface area contributed by atoms with E-state index in [1.807, 2.05) is 0 Å². The van der Waals surface area contributed by atoms with E-state index >= 15 is 0 Å². The molecular weight excluding hydrogens is 366 g/mol. The molecule has 1 aliphatic heterocycles. The summed E-state index contributed by atoms with van der Waals surface area (Å²) in [6.45, 7) is 8.97. The quantitative estimate of drug-likeness (QED) is 0.619. The molecule has 1 aliphatic rings. The standard InChI is InChI=1S/C13H29N4.3ClH.Ti/c1-17-12-4-10-15-8-2-6-14-7-3-9-16-11-5-13-17;;;;/h14-15H,2-13H2,1H3;3*1H;/q-1;;;;+4/p-3. The fraction of sp³-hybridized carbons (Fsp3) is 1.00. The summed E-state index contributed by atoms with van der Waals surface area (Å²) in [5.74, 6) is 0. The second kappa shape index (κ2) is 17.8. The first-order valence-corrected chi connectivity index (χ1v) is 14.1. The van der Waals surface area contributed by atoms with Crippen LogP contribution in [0.3, 0.4) is 0 Å². The van der Waals surface area contributed by atoms with Gasteiger partial charge in [0.25, 0.3) is 0 Å².